The summed E-state index contributed by atoms with van der Waals surface area (Å²) in [6.07, 6.45) is 7.27. The molecule has 0 unspecified atom stereocenters. The molecule has 1 amide bonds. The number of thiazole rings is 1. The van der Waals surface area contributed by atoms with Crippen LogP contribution in [0.1, 0.15) is 28.9 Å². The first-order valence-corrected chi connectivity index (χ1v) is 9.34. The number of hydrogen-bond donors (Lipinski definition) is 1. The number of amides is 1. The Morgan fingerprint density at radius 1 is 1.19 bits per heavy atom. The van der Waals surface area contributed by atoms with Gasteiger partial charge in [-0.25, -0.2) is 15.0 Å². The third-order valence-corrected chi connectivity index (χ3v) is 5.08. The highest BCUT2D eigenvalue weighted by molar-refractivity contribution is 7.13. The Morgan fingerprint density at radius 2 is 1.96 bits per heavy atom. The highest BCUT2D eigenvalue weighted by Gasteiger charge is 2.21. The van der Waals surface area contributed by atoms with E-state index in [-0.39, 0.29) is 5.91 Å². The first-order chi connectivity index (χ1) is 12.7. The molecule has 3 aromatic heterocycles. The SMILES string of the molecule is Cc1csc(NC(=O)c2cnc(N3CCCC3)nc2-c2ccncc2)n1. The minimum absolute atomic E-state index is 0.265. The van der Waals surface area contributed by atoms with Gasteiger partial charge in [0.1, 0.15) is 0 Å². The molecule has 0 aliphatic carbocycles. The summed E-state index contributed by atoms with van der Waals surface area (Å²) in [6.45, 7) is 3.78. The summed E-state index contributed by atoms with van der Waals surface area (Å²) < 4.78 is 0. The molecular formula is C18H18N6OS. The molecule has 1 fully saturated rings. The van der Waals surface area contributed by atoms with Gasteiger partial charge >= 0.3 is 0 Å². The van der Waals surface area contributed by atoms with Crippen LogP contribution < -0.4 is 10.2 Å². The zero-order chi connectivity index (χ0) is 17.9. The Bertz CT molecular complexity index is 920. The molecule has 4 heterocycles. The monoisotopic (exact) mass is 366 g/mol. The Kier molecular flexibility index (Phi) is 4.57. The van der Waals surface area contributed by atoms with Crippen LogP contribution in [-0.2, 0) is 0 Å². The van der Waals surface area contributed by atoms with Crippen molar-refractivity contribution in [3.8, 4) is 11.3 Å². The largest absolute Gasteiger partial charge is 0.341 e. The first-order valence-electron chi connectivity index (χ1n) is 8.46. The van der Waals surface area contributed by atoms with Gasteiger partial charge in [-0.1, -0.05) is 0 Å². The average Bonchev–Trinajstić information content (AvgIpc) is 3.34. The van der Waals surface area contributed by atoms with Crippen LogP contribution in [0.5, 0.6) is 0 Å². The summed E-state index contributed by atoms with van der Waals surface area (Å²) in [6, 6.07) is 3.70. The van der Waals surface area contributed by atoms with E-state index in [1.165, 1.54) is 11.3 Å². The van der Waals surface area contributed by atoms with Crippen LogP contribution in [0.2, 0.25) is 0 Å². The van der Waals surface area contributed by atoms with Gasteiger partial charge in [0, 0.05) is 42.6 Å². The van der Waals surface area contributed by atoms with Crippen LogP contribution in [0.25, 0.3) is 11.3 Å². The van der Waals surface area contributed by atoms with Gasteiger partial charge in [-0.15, -0.1) is 11.3 Å². The van der Waals surface area contributed by atoms with E-state index in [0.29, 0.717) is 22.3 Å². The number of pyridine rings is 1. The van der Waals surface area contributed by atoms with Gasteiger partial charge < -0.3 is 4.90 Å². The van der Waals surface area contributed by atoms with Gasteiger partial charge in [0.05, 0.1) is 17.0 Å². The van der Waals surface area contributed by atoms with Crippen LogP contribution >= 0.6 is 11.3 Å². The zero-order valence-electron chi connectivity index (χ0n) is 14.3. The number of hydrogen-bond acceptors (Lipinski definition) is 7. The molecule has 1 N–H and O–H groups in total. The molecule has 0 radical (unpaired) electrons. The molecule has 0 bridgehead atoms. The molecule has 0 aromatic carbocycles. The number of aryl methyl sites for hydroxylation is 1. The lowest BCUT2D eigenvalue weighted by Crippen LogP contribution is -2.22. The van der Waals surface area contributed by atoms with Crippen molar-refractivity contribution in [3.05, 3.63) is 47.4 Å². The lowest BCUT2D eigenvalue weighted by molar-refractivity contribution is 0.102. The van der Waals surface area contributed by atoms with Gasteiger partial charge in [-0.2, -0.15) is 0 Å². The van der Waals surface area contributed by atoms with Crippen molar-refractivity contribution in [2.45, 2.75) is 19.8 Å². The third-order valence-electron chi connectivity index (χ3n) is 4.20. The molecule has 1 aliphatic heterocycles. The van der Waals surface area contributed by atoms with Crippen LogP contribution in [0, 0.1) is 6.92 Å². The fourth-order valence-corrected chi connectivity index (χ4v) is 3.60. The molecule has 132 valence electrons. The zero-order valence-corrected chi connectivity index (χ0v) is 15.2. The standard InChI is InChI=1S/C18H18N6OS/c1-12-11-26-18(21-12)23-16(25)14-10-20-17(24-8-2-3-9-24)22-15(14)13-4-6-19-7-5-13/h4-7,10-11H,2-3,8-9H2,1H3,(H,21,23,25). The Balaban J connectivity index is 1.71. The summed E-state index contributed by atoms with van der Waals surface area (Å²) in [5, 5.41) is 5.30. The van der Waals surface area contributed by atoms with Crippen molar-refractivity contribution in [1.29, 1.82) is 0 Å². The second-order valence-corrected chi connectivity index (χ2v) is 6.97. The lowest BCUT2D eigenvalue weighted by atomic mass is 10.1. The number of rotatable bonds is 4. The van der Waals surface area contributed by atoms with E-state index in [2.05, 4.69) is 25.2 Å². The summed E-state index contributed by atoms with van der Waals surface area (Å²) >= 11 is 1.40. The predicted molar refractivity (Wildman–Crippen MR) is 102 cm³/mol. The topological polar surface area (TPSA) is 83.9 Å². The Labute approximate surface area is 155 Å². The predicted octanol–water partition coefficient (Wildman–Crippen LogP) is 3.16. The van der Waals surface area contributed by atoms with E-state index >= 15 is 0 Å². The molecule has 26 heavy (non-hydrogen) atoms. The number of carbonyl (C=O) groups excluding carboxylic acids is 1. The minimum atomic E-state index is -0.265. The summed E-state index contributed by atoms with van der Waals surface area (Å²) in [7, 11) is 0. The van der Waals surface area contributed by atoms with E-state index in [9.17, 15) is 4.79 Å². The molecule has 1 saturated heterocycles. The molecular weight excluding hydrogens is 348 g/mol. The van der Waals surface area contributed by atoms with Gasteiger partial charge in [-0.3, -0.25) is 15.1 Å². The molecule has 4 rings (SSSR count). The maximum atomic E-state index is 12.8. The first kappa shape index (κ1) is 16.6. The normalized spacial score (nSPS) is 13.8. The number of carbonyl (C=O) groups is 1. The average molecular weight is 366 g/mol. The third kappa shape index (κ3) is 3.41. The second-order valence-electron chi connectivity index (χ2n) is 6.11. The highest BCUT2D eigenvalue weighted by Crippen LogP contribution is 2.26. The summed E-state index contributed by atoms with van der Waals surface area (Å²) in [4.78, 5) is 32.4. The van der Waals surface area contributed by atoms with Crippen molar-refractivity contribution < 1.29 is 4.79 Å². The van der Waals surface area contributed by atoms with Crippen molar-refractivity contribution in [2.75, 3.05) is 23.3 Å². The molecule has 0 spiro atoms. The van der Waals surface area contributed by atoms with Crippen molar-refractivity contribution in [2.24, 2.45) is 0 Å². The van der Waals surface area contributed by atoms with Crippen LogP contribution in [0.15, 0.2) is 36.1 Å². The second kappa shape index (κ2) is 7.17. The number of anilines is 2. The fraction of sp³-hybridized carbons (Fsp3) is 0.278. The Morgan fingerprint density at radius 3 is 2.65 bits per heavy atom. The van der Waals surface area contributed by atoms with E-state index < -0.39 is 0 Å². The molecule has 1 aliphatic rings. The lowest BCUT2D eigenvalue weighted by Gasteiger charge is -2.17. The van der Waals surface area contributed by atoms with Crippen molar-refractivity contribution in [1.82, 2.24) is 19.9 Å². The Hall–Kier alpha value is -2.87. The van der Waals surface area contributed by atoms with Crippen LogP contribution in [0.3, 0.4) is 0 Å². The van der Waals surface area contributed by atoms with Crippen molar-refractivity contribution >= 4 is 28.3 Å². The van der Waals surface area contributed by atoms with Crippen LogP contribution in [-0.4, -0.2) is 38.9 Å². The minimum Gasteiger partial charge on any atom is -0.341 e. The quantitative estimate of drug-likeness (QED) is 0.764. The van der Waals surface area contributed by atoms with E-state index in [4.69, 9.17) is 4.98 Å². The number of aromatic nitrogens is 4. The van der Waals surface area contributed by atoms with Crippen molar-refractivity contribution in [3.63, 3.8) is 0 Å². The van der Waals surface area contributed by atoms with E-state index in [1.54, 1.807) is 18.6 Å². The molecule has 8 heteroatoms. The number of nitrogens with zero attached hydrogens (tertiary/aromatic N) is 5. The highest BCUT2D eigenvalue weighted by atomic mass is 32.1. The van der Waals surface area contributed by atoms with Gasteiger partial charge in [0.25, 0.3) is 5.91 Å². The molecule has 0 saturated carbocycles. The molecule has 3 aromatic rings. The van der Waals surface area contributed by atoms with Crippen LogP contribution in [0.4, 0.5) is 11.1 Å². The summed E-state index contributed by atoms with van der Waals surface area (Å²) in [5.74, 6) is 0.398. The maximum Gasteiger partial charge on any atom is 0.261 e. The number of nitrogens with one attached hydrogen (secondary N) is 1. The summed E-state index contributed by atoms with van der Waals surface area (Å²) in [5.41, 5.74) is 2.74. The fourth-order valence-electron chi connectivity index (χ4n) is 2.91. The molecule has 0 atom stereocenters. The van der Waals surface area contributed by atoms with Gasteiger partial charge in [0.15, 0.2) is 5.13 Å². The van der Waals surface area contributed by atoms with E-state index in [0.717, 1.165) is 37.2 Å². The maximum absolute atomic E-state index is 12.8. The van der Waals surface area contributed by atoms with Gasteiger partial charge in [0.2, 0.25) is 5.95 Å². The van der Waals surface area contributed by atoms with Gasteiger partial charge in [-0.05, 0) is 31.9 Å². The molecule has 7 nitrogen and oxygen atoms in total. The van der Waals surface area contributed by atoms with E-state index in [1.807, 2.05) is 24.4 Å². The smallest absolute Gasteiger partial charge is 0.261 e.